The quantitative estimate of drug-likeness (QED) is 0.595. The van der Waals surface area contributed by atoms with Crippen molar-refractivity contribution in [3.8, 4) is 5.75 Å². The number of fused-ring (bicyclic) bond motifs is 1. The summed E-state index contributed by atoms with van der Waals surface area (Å²) in [5.41, 5.74) is 3.21. The monoisotopic (exact) mass is 403 g/mol. The smallest absolute Gasteiger partial charge is 0.311 e. The first-order chi connectivity index (χ1) is 13.4. The van der Waals surface area contributed by atoms with Crippen LogP contribution in [0.25, 0.3) is 11.0 Å². The Bertz CT molecular complexity index is 1020. The number of nitrogens with one attached hydrogen (secondary N) is 1. The van der Waals surface area contributed by atoms with Gasteiger partial charge in [0, 0.05) is 13.6 Å². The van der Waals surface area contributed by atoms with E-state index in [1.807, 2.05) is 19.2 Å². The van der Waals surface area contributed by atoms with Gasteiger partial charge in [0.25, 0.3) is 0 Å². The average molecular weight is 404 g/mol. The molecule has 2 aromatic heterocycles. The van der Waals surface area contributed by atoms with Crippen molar-refractivity contribution < 1.29 is 14.6 Å². The van der Waals surface area contributed by atoms with Crippen molar-refractivity contribution in [3.63, 3.8) is 0 Å². The van der Waals surface area contributed by atoms with Crippen molar-refractivity contribution in [1.82, 2.24) is 19.7 Å². The lowest BCUT2D eigenvalue weighted by atomic mass is 10.2. The number of rotatable bonds is 8. The highest BCUT2D eigenvalue weighted by molar-refractivity contribution is 6.32. The van der Waals surface area contributed by atoms with Gasteiger partial charge in [-0.2, -0.15) is 5.10 Å². The minimum atomic E-state index is -0.979. The molecule has 0 amide bonds. The number of benzene rings is 1. The molecule has 2 N–H and O–H groups in total. The number of nitrogens with zero attached hydrogens (tertiary/aromatic N) is 4. The summed E-state index contributed by atoms with van der Waals surface area (Å²) < 4.78 is 6.90. The second-order valence-corrected chi connectivity index (χ2v) is 6.81. The topological polar surface area (TPSA) is 102 Å². The molecule has 0 spiro atoms. The third-order valence-electron chi connectivity index (χ3n) is 4.27. The number of methoxy groups -OCH3 is 1. The van der Waals surface area contributed by atoms with Crippen LogP contribution in [0.4, 0.5) is 5.82 Å². The lowest BCUT2D eigenvalue weighted by molar-refractivity contribution is -0.136. The van der Waals surface area contributed by atoms with Crippen molar-refractivity contribution in [2.45, 2.75) is 32.7 Å². The van der Waals surface area contributed by atoms with Gasteiger partial charge in [-0.15, -0.1) is 0 Å². The highest BCUT2D eigenvalue weighted by atomic mass is 35.5. The zero-order chi connectivity index (χ0) is 20.3. The summed E-state index contributed by atoms with van der Waals surface area (Å²) in [5, 5.41) is 17.5. The van der Waals surface area contributed by atoms with Crippen LogP contribution < -0.4 is 10.1 Å². The Hall–Kier alpha value is -2.87. The Kier molecular flexibility index (Phi) is 5.99. The molecule has 0 aliphatic heterocycles. The second kappa shape index (κ2) is 8.43. The largest absolute Gasteiger partial charge is 0.495 e. The molecule has 0 atom stereocenters. The van der Waals surface area contributed by atoms with Crippen molar-refractivity contribution in [1.29, 1.82) is 0 Å². The van der Waals surface area contributed by atoms with E-state index in [2.05, 4.69) is 27.3 Å². The zero-order valence-electron chi connectivity index (χ0n) is 16.0. The number of carbonyl (C=O) groups is 1. The molecule has 0 aliphatic carbocycles. The number of carboxylic acids is 1. The molecule has 1 aromatic carbocycles. The van der Waals surface area contributed by atoms with Crippen LogP contribution in [-0.2, 0) is 31.2 Å². The fraction of sp³-hybridized carbons (Fsp3) is 0.368. The maximum absolute atomic E-state index is 11.2. The molecule has 0 radical (unpaired) electrons. The van der Waals surface area contributed by atoms with Gasteiger partial charge in [-0.1, -0.05) is 31.0 Å². The molecular formula is C19H22ClN5O3. The standard InChI is InChI=1S/C19H22ClN5O3/c1-4-5-13-17-18(25(2)24-13)19(23-15(22-17)9-16(26)27)21-10-11-6-7-14(28-3)12(20)8-11/h6-8H,4-5,9-10H2,1-3H3,(H,26,27)(H,21,22,23). The number of aryl methyl sites for hydroxylation is 2. The van der Waals surface area contributed by atoms with Gasteiger partial charge in [-0.25, -0.2) is 9.97 Å². The molecule has 148 valence electrons. The van der Waals surface area contributed by atoms with Gasteiger partial charge < -0.3 is 15.2 Å². The Labute approximate surface area is 167 Å². The van der Waals surface area contributed by atoms with Crippen LogP contribution in [0.1, 0.15) is 30.4 Å². The lowest BCUT2D eigenvalue weighted by Crippen LogP contribution is -2.10. The first-order valence-corrected chi connectivity index (χ1v) is 9.31. The third kappa shape index (κ3) is 4.17. The molecule has 0 saturated heterocycles. The van der Waals surface area contributed by atoms with Gasteiger partial charge in [0.1, 0.15) is 29.0 Å². The molecule has 0 bridgehead atoms. The highest BCUT2D eigenvalue weighted by Gasteiger charge is 2.18. The maximum Gasteiger partial charge on any atom is 0.311 e. The van der Waals surface area contributed by atoms with E-state index in [0.717, 1.165) is 29.6 Å². The van der Waals surface area contributed by atoms with Crippen LogP contribution in [-0.4, -0.2) is 37.9 Å². The number of carboxylic acid groups (broad SMARTS) is 1. The molecule has 2 heterocycles. The number of hydrogen-bond donors (Lipinski definition) is 2. The number of anilines is 1. The SMILES string of the molecule is CCCc1nn(C)c2c(NCc3ccc(OC)c(Cl)c3)nc(CC(=O)O)nc12. The van der Waals surface area contributed by atoms with Gasteiger partial charge in [0.2, 0.25) is 0 Å². The van der Waals surface area contributed by atoms with Crippen molar-refractivity contribution in [2.75, 3.05) is 12.4 Å². The Balaban J connectivity index is 1.98. The minimum Gasteiger partial charge on any atom is -0.495 e. The number of hydrogen-bond acceptors (Lipinski definition) is 6. The van der Waals surface area contributed by atoms with E-state index >= 15 is 0 Å². The predicted molar refractivity (Wildman–Crippen MR) is 107 cm³/mol. The summed E-state index contributed by atoms with van der Waals surface area (Å²) in [4.78, 5) is 20.0. The first-order valence-electron chi connectivity index (χ1n) is 8.93. The van der Waals surface area contributed by atoms with E-state index in [1.165, 1.54) is 0 Å². The van der Waals surface area contributed by atoms with Crippen LogP contribution in [0.5, 0.6) is 5.75 Å². The number of aromatic nitrogens is 4. The fourth-order valence-electron chi connectivity index (χ4n) is 3.04. The lowest BCUT2D eigenvalue weighted by Gasteiger charge is -2.11. The summed E-state index contributed by atoms with van der Waals surface area (Å²) in [6.07, 6.45) is 1.42. The molecule has 28 heavy (non-hydrogen) atoms. The number of halogens is 1. The molecule has 0 aliphatic rings. The molecular weight excluding hydrogens is 382 g/mol. The second-order valence-electron chi connectivity index (χ2n) is 6.40. The normalized spacial score (nSPS) is 11.0. The summed E-state index contributed by atoms with van der Waals surface area (Å²) in [6.45, 7) is 2.52. The van der Waals surface area contributed by atoms with E-state index in [1.54, 1.807) is 17.9 Å². The third-order valence-corrected chi connectivity index (χ3v) is 4.57. The van der Waals surface area contributed by atoms with Crippen LogP contribution in [0.3, 0.4) is 0 Å². The van der Waals surface area contributed by atoms with Gasteiger partial charge in [-0.05, 0) is 24.1 Å². The van der Waals surface area contributed by atoms with Gasteiger partial charge >= 0.3 is 5.97 Å². The van der Waals surface area contributed by atoms with Crippen LogP contribution >= 0.6 is 11.6 Å². The van der Waals surface area contributed by atoms with Crippen molar-refractivity contribution >= 4 is 34.4 Å². The first kappa shape index (κ1) is 19.9. The highest BCUT2D eigenvalue weighted by Crippen LogP contribution is 2.27. The zero-order valence-corrected chi connectivity index (χ0v) is 16.7. The van der Waals surface area contributed by atoms with Gasteiger partial charge in [-0.3, -0.25) is 9.48 Å². The molecule has 9 heteroatoms. The van der Waals surface area contributed by atoms with Crippen LogP contribution in [0, 0.1) is 0 Å². The molecule has 0 unspecified atom stereocenters. The summed E-state index contributed by atoms with van der Waals surface area (Å²) in [5.74, 6) is 0.425. The number of aliphatic carboxylic acids is 1. The molecule has 0 fully saturated rings. The molecule has 8 nitrogen and oxygen atoms in total. The van der Waals surface area contributed by atoms with Crippen LogP contribution in [0.2, 0.25) is 5.02 Å². The number of ether oxygens (including phenoxy) is 1. The van der Waals surface area contributed by atoms with Gasteiger partial charge in [0.05, 0.1) is 17.8 Å². The fourth-order valence-corrected chi connectivity index (χ4v) is 3.32. The molecule has 3 aromatic rings. The van der Waals surface area contributed by atoms with E-state index in [9.17, 15) is 4.79 Å². The Morgan fingerprint density at radius 3 is 2.79 bits per heavy atom. The maximum atomic E-state index is 11.2. The molecule has 0 saturated carbocycles. The van der Waals surface area contributed by atoms with E-state index < -0.39 is 5.97 Å². The summed E-state index contributed by atoms with van der Waals surface area (Å²) >= 11 is 6.19. The average Bonchev–Trinajstić information content (AvgIpc) is 2.95. The Morgan fingerprint density at radius 1 is 1.36 bits per heavy atom. The summed E-state index contributed by atoms with van der Waals surface area (Å²) in [7, 11) is 3.40. The molecule has 3 rings (SSSR count). The van der Waals surface area contributed by atoms with E-state index in [-0.39, 0.29) is 12.2 Å². The van der Waals surface area contributed by atoms with E-state index in [4.69, 9.17) is 21.4 Å². The van der Waals surface area contributed by atoms with Crippen LogP contribution in [0.15, 0.2) is 18.2 Å². The minimum absolute atomic E-state index is 0.251. The summed E-state index contributed by atoms with van der Waals surface area (Å²) in [6, 6.07) is 5.52. The van der Waals surface area contributed by atoms with Crippen molar-refractivity contribution in [3.05, 3.63) is 40.3 Å². The van der Waals surface area contributed by atoms with Crippen molar-refractivity contribution in [2.24, 2.45) is 7.05 Å². The van der Waals surface area contributed by atoms with E-state index in [0.29, 0.717) is 28.7 Å². The predicted octanol–water partition coefficient (Wildman–Crippen LogP) is 3.22. The Morgan fingerprint density at radius 2 is 2.14 bits per heavy atom. The van der Waals surface area contributed by atoms with Gasteiger partial charge in [0.15, 0.2) is 5.82 Å².